The Bertz CT molecular complexity index is 1280. The van der Waals surface area contributed by atoms with Gasteiger partial charge in [-0.3, -0.25) is 9.59 Å². The Balaban J connectivity index is 1.35. The van der Waals surface area contributed by atoms with Gasteiger partial charge in [0.05, 0.1) is 23.7 Å². The van der Waals surface area contributed by atoms with Crippen molar-refractivity contribution < 1.29 is 9.59 Å². The third-order valence-corrected chi connectivity index (χ3v) is 7.24. The summed E-state index contributed by atoms with van der Waals surface area (Å²) in [5.74, 6) is -0.339. The standard InChI is InChI=1S/C26H23N3O2/c1-15-12-20(16(2)28(15)22-9-5-7-17-6-3-4-8-21(17)22)14-27-29-25(30)23-18-10-11-19(13-18)24(23)26(29)31/h3-12,14,18-19,23-24H,13H2,1-2H3/t18-,19-,23-,24+/m0/s1. The van der Waals surface area contributed by atoms with Crippen LogP contribution in [-0.2, 0) is 9.59 Å². The molecule has 4 atom stereocenters. The molecule has 0 unspecified atom stereocenters. The number of fused-ring (bicyclic) bond motifs is 6. The van der Waals surface area contributed by atoms with Crippen molar-refractivity contribution in [2.24, 2.45) is 28.8 Å². The van der Waals surface area contributed by atoms with Gasteiger partial charge in [-0.2, -0.15) is 10.1 Å². The van der Waals surface area contributed by atoms with Crippen LogP contribution in [0.1, 0.15) is 23.4 Å². The van der Waals surface area contributed by atoms with Gasteiger partial charge in [0.25, 0.3) is 11.8 Å². The van der Waals surface area contributed by atoms with E-state index < -0.39 is 0 Å². The molecule has 1 saturated carbocycles. The van der Waals surface area contributed by atoms with Crippen LogP contribution in [0.25, 0.3) is 16.5 Å². The second-order valence-corrected chi connectivity index (χ2v) is 8.89. The number of rotatable bonds is 3. The fraction of sp³-hybridized carbons (Fsp3) is 0.269. The lowest BCUT2D eigenvalue weighted by Crippen LogP contribution is -2.28. The van der Waals surface area contributed by atoms with E-state index in [0.29, 0.717) is 0 Å². The lowest BCUT2D eigenvalue weighted by Gasteiger charge is -2.13. The van der Waals surface area contributed by atoms with Crippen molar-refractivity contribution in [2.75, 3.05) is 0 Å². The first-order valence-corrected chi connectivity index (χ1v) is 10.8. The average molecular weight is 409 g/mol. The van der Waals surface area contributed by atoms with Crippen LogP contribution in [0.5, 0.6) is 0 Å². The van der Waals surface area contributed by atoms with Gasteiger partial charge >= 0.3 is 0 Å². The molecule has 2 heterocycles. The van der Waals surface area contributed by atoms with Crippen LogP contribution >= 0.6 is 0 Å². The molecule has 154 valence electrons. The summed E-state index contributed by atoms with van der Waals surface area (Å²) in [6.45, 7) is 4.11. The summed E-state index contributed by atoms with van der Waals surface area (Å²) in [6.07, 6.45) is 6.79. The van der Waals surface area contributed by atoms with Crippen molar-refractivity contribution in [3.05, 3.63) is 77.6 Å². The van der Waals surface area contributed by atoms with Gasteiger partial charge in [-0.15, -0.1) is 0 Å². The summed E-state index contributed by atoms with van der Waals surface area (Å²) in [4.78, 5) is 25.8. The highest BCUT2D eigenvalue weighted by Gasteiger charge is 2.59. The van der Waals surface area contributed by atoms with Crippen molar-refractivity contribution in [2.45, 2.75) is 20.3 Å². The molecule has 1 saturated heterocycles. The topological polar surface area (TPSA) is 54.7 Å². The monoisotopic (exact) mass is 409 g/mol. The molecular weight excluding hydrogens is 386 g/mol. The number of aromatic nitrogens is 1. The number of amides is 2. The van der Waals surface area contributed by atoms with E-state index in [-0.39, 0.29) is 35.5 Å². The van der Waals surface area contributed by atoms with E-state index in [9.17, 15) is 9.59 Å². The molecule has 0 spiro atoms. The number of hydrazone groups is 1. The van der Waals surface area contributed by atoms with Crippen molar-refractivity contribution in [3.8, 4) is 5.69 Å². The predicted octanol–water partition coefficient (Wildman–Crippen LogP) is 4.39. The first-order valence-electron chi connectivity index (χ1n) is 10.8. The minimum absolute atomic E-state index is 0.147. The maximum Gasteiger partial charge on any atom is 0.254 e. The van der Waals surface area contributed by atoms with Crippen LogP contribution in [0.4, 0.5) is 0 Å². The zero-order chi connectivity index (χ0) is 21.3. The Labute approximate surface area is 180 Å². The highest BCUT2D eigenvalue weighted by molar-refractivity contribution is 6.07. The molecular formula is C26H23N3O2. The highest BCUT2D eigenvalue weighted by atomic mass is 16.2. The van der Waals surface area contributed by atoms with Crippen molar-refractivity contribution >= 4 is 28.8 Å². The lowest BCUT2D eigenvalue weighted by molar-refractivity contribution is -0.140. The number of carbonyl (C=O) groups is 2. The van der Waals surface area contributed by atoms with Gasteiger partial charge < -0.3 is 4.57 Å². The number of carbonyl (C=O) groups excluding carboxylic acids is 2. The van der Waals surface area contributed by atoms with E-state index in [4.69, 9.17) is 0 Å². The normalized spacial score (nSPS) is 26.7. The molecule has 2 fully saturated rings. The number of aryl methyl sites for hydroxylation is 1. The Morgan fingerprint density at radius 1 is 0.935 bits per heavy atom. The number of imide groups is 1. The van der Waals surface area contributed by atoms with Gasteiger partial charge in [0, 0.05) is 22.3 Å². The maximum absolute atomic E-state index is 12.9. The number of allylic oxidation sites excluding steroid dienone is 2. The zero-order valence-corrected chi connectivity index (χ0v) is 17.5. The lowest BCUT2D eigenvalue weighted by atomic mass is 9.85. The molecule has 31 heavy (non-hydrogen) atoms. The van der Waals surface area contributed by atoms with Crippen LogP contribution < -0.4 is 0 Å². The SMILES string of the molecule is Cc1cc(C=NN2C(=O)[C@@H]3[C@H](C2=O)[C@H]2C=C[C@H]3C2)c(C)n1-c1cccc2ccccc12. The first-order chi connectivity index (χ1) is 15.0. The smallest absolute Gasteiger partial charge is 0.254 e. The summed E-state index contributed by atoms with van der Waals surface area (Å²) >= 11 is 0. The Kier molecular flexibility index (Phi) is 3.85. The molecule has 0 N–H and O–H groups in total. The number of hydrogen-bond acceptors (Lipinski definition) is 3. The van der Waals surface area contributed by atoms with Crippen LogP contribution in [0.2, 0.25) is 0 Å². The quantitative estimate of drug-likeness (QED) is 0.366. The molecule has 2 aromatic carbocycles. The Morgan fingerprint density at radius 3 is 2.35 bits per heavy atom. The van der Waals surface area contributed by atoms with E-state index in [1.165, 1.54) is 10.8 Å². The van der Waals surface area contributed by atoms with Crippen molar-refractivity contribution in [1.82, 2.24) is 9.58 Å². The average Bonchev–Trinajstić information content (AvgIpc) is 3.51. The number of benzene rings is 2. The van der Waals surface area contributed by atoms with Gasteiger partial charge in [-0.1, -0.05) is 48.6 Å². The molecule has 2 aliphatic carbocycles. The molecule has 3 aliphatic rings. The molecule has 3 aromatic rings. The first kappa shape index (κ1) is 18.3. The molecule has 5 nitrogen and oxygen atoms in total. The predicted molar refractivity (Wildman–Crippen MR) is 120 cm³/mol. The summed E-state index contributed by atoms with van der Waals surface area (Å²) in [5, 5.41) is 7.85. The van der Waals surface area contributed by atoms with Gasteiger partial charge in [-0.05, 0) is 49.6 Å². The van der Waals surface area contributed by atoms with Gasteiger partial charge in [-0.25, -0.2) is 0 Å². The fourth-order valence-corrected chi connectivity index (χ4v) is 5.81. The van der Waals surface area contributed by atoms with Gasteiger partial charge in [0.15, 0.2) is 0 Å². The van der Waals surface area contributed by atoms with Gasteiger partial charge in [0.1, 0.15) is 0 Å². The van der Waals surface area contributed by atoms with Crippen LogP contribution in [0.15, 0.2) is 65.8 Å². The van der Waals surface area contributed by atoms with Crippen LogP contribution in [0, 0.1) is 37.5 Å². The third-order valence-electron chi connectivity index (χ3n) is 7.24. The molecule has 0 radical (unpaired) electrons. The Hall–Kier alpha value is -3.47. The molecule has 6 rings (SSSR count). The maximum atomic E-state index is 12.9. The van der Waals surface area contributed by atoms with Gasteiger partial charge in [0.2, 0.25) is 0 Å². The molecule has 2 bridgehead atoms. The van der Waals surface area contributed by atoms with Crippen molar-refractivity contribution in [1.29, 1.82) is 0 Å². The number of hydrogen-bond donors (Lipinski definition) is 0. The third kappa shape index (κ3) is 2.52. The van der Waals surface area contributed by atoms with E-state index in [1.807, 2.05) is 19.1 Å². The second kappa shape index (κ2) is 6.51. The summed E-state index contributed by atoms with van der Waals surface area (Å²) < 4.78 is 2.20. The summed E-state index contributed by atoms with van der Waals surface area (Å²) in [7, 11) is 0. The molecule has 2 amide bonds. The van der Waals surface area contributed by atoms with E-state index in [1.54, 1.807) is 6.21 Å². The molecule has 1 aromatic heterocycles. The number of nitrogens with zero attached hydrogens (tertiary/aromatic N) is 3. The van der Waals surface area contributed by atoms with Crippen LogP contribution in [0.3, 0.4) is 0 Å². The van der Waals surface area contributed by atoms with Crippen molar-refractivity contribution in [3.63, 3.8) is 0 Å². The molecule has 5 heteroatoms. The van der Waals surface area contributed by atoms with E-state index in [2.05, 4.69) is 65.1 Å². The van der Waals surface area contributed by atoms with E-state index >= 15 is 0 Å². The second-order valence-electron chi connectivity index (χ2n) is 8.89. The fourth-order valence-electron chi connectivity index (χ4n) is 5.81. The highest BCUT2D eigenvalue weighted by Crippen LogP contribution is 2.52. The Morgan fingerprint density at radius 2 is 1.61 bits per heavy atom. The summed E-state index contributed by atoms with van der Waals surface area (Å²) in [5.41, 5.74) is 4.12. The molecule has 1 aliphatic heterocycles. The largest absolute Gasteiger partial charge is 0.317 e. The minimum Gasteiger partial charge on any atom is -0.317 e. The minimum atomic E-state index is -0.220. The summed E-state index contributed by atoms with van der Waals surface area (Å²) in [6, 6.07) is 16.7. The zero-order valence-electron chi connectivity index (χ0n) is 17.5. The van der Waals surface area contributed by atoms with E-state index in [0.717, 1.165) is 34.1 Å². The van der Waals surface area contributed by atoms with Crippen LogP contribution in [-0.4, -0.2) is 27.6 Å².